The van der Waals surface area contributed by atoms with Crippen molar-refractivity contribution >= 4 is 37.4 Å². The highest BCUT2D eigenvalue weighted by molar-refractivity contribution is 9.10. The maximum absolute atomic E-state index is 12.4. The Morgan fingerprint density at radius 3 is 2.24 bits per heavy atom. The lowest BCUT2D eigenvalue weighted by Crippen LogP contribution is -2.09. The maximum Gasteiger partial charge on any atom is 0.229 e. The summed E-state index contributed by atoms with van der Waals surface area (Å²) in [5, 5.41) is 0. The number of rotatable bonds is 4. The molecule has 2 rings (SSSR count). The normalized spacial score (nSPS) is 11.2. The number of halogens is 1. The molecule has 0 amide bonds. The molecule has 0 radical (unpaired) electrons. The largest absolute Gasteiger partial charge is 0.289 e. The Kier molecular flexibility index (Phi) is 4.49. The van der Waals surface area contributed by atoms with Gasteiger partial charge in [-0.2, -0.15) is 0 Å². The van der Waals surface area contributed by atoms with Crippen molar-refractivity contribution in [3.05, 3.63) is 63.6 Å². The molecular formula is C15H14BrNO3S. The number of carbonyl (C=O) groups is 1. The summed E-state index contributed by atoms with van der Waals surface area (Å²) in [5.41, 5.74) is 2.56. The molecule has 0 atom stereocenters. The van der Waals surface area contributed by atoms with Crippen molar-refractivity contribution in [2.45, 2.75) is 6.92 Å². The van der Waals surface area contributed by atoms with Gasteiger partial charge in [-0.05, 0) is 48.9 Å². The van der Waals surface area contributed by atoms with Crippen LogP contribution < -0.4 is 4.72 Å². The minimum absolute atomic E-state index is 0.118. The molecule has 2 aromatic carbocycles. The second kappa shape index (κ2) is 5.99. The molecule has 6 heteroatoms. The molecule has 4 nitrogen and oxygen atoms in total. The Labute approximate surface area is 132 Å². The molecule has 110 valence electrons. The Bertz CT molecular complexity index is 783. The number of nitrogens with one attached hydrogen (secondary N) is 1. The van der Waals surface area contributed by atoms with E-state index in [0.717, 1.165) is 16.3 Å². The second-order valence-electron chi connectivity index (χ2n) is 4.76. The molecule has 0 saturated heterocycles. The van der Waals surface area contributed by atoms with E-state index in [-0.39, 0.29) is 5.78 Å². The van der Waals surface area contributed by atoms with Gasteiger partial charge in [0.05, 0.1) is 6.26 Å². The lowest BCUT2D eigenvalue weighted by Gasteiger charge is -2.07. The van der Waals surface area contributed by atoms with Crippen LogP contribution in [0.2, 0.25) is 0 Å². The van der Waals surface area contributed by atoms with E-state index in [9.17, 15) is 13.2 Å². The van der Waals surface area contributed by atoms with Crippen LogP contribution in [0.1, 0.15) is 21.5 Å². The molecule has 0 unspecified atom stereocenters. The van der Waals surface area contributed by atoms with Crippen molar-refractivity contribution in [1.29, 1.82) is 0 Å². The Balaban J connectivity index is 2.28. The number of hydrogen-bond acceptors (Lipinski definition) is 3. The average Bonchev–Trinajstić information content (AvgIpc) is 2.37. The van der Waals surface area contributed by atoms with E-state index < -0.39 is 10.0 Å². The SMILES string of the molecule is Cc1ccc(C(=O)c2ccc(NS(C)(=O)=O)cc2)c(Br)c1. The lowest BCUT2D eigenvalue weighted by molar-refractivity contribution is 0.103. The molecule has 0 saturated carbocycles. The van der Waals surface area contributed by atoms with Crippen molar-refractivity contribution in [1.82, 2.24) is 0 Å². The summed E-state index contributed by atoms with van der Waals surface area (Å²) in [5.74, 6) is -0.118. The van der Waals surface area contributed by atoms with Crippen LogP contribution in [0, 0.1) is 6.92 Å². The molecule has 0 aromatic heterocycles. The van der Waals surface area contributed by atoms with Crippen LogP contribution in [-0.2, 0) is 10.0 Å². The van der Waals surface area contributed by atoms with Gasteiger partial charge in [-0.1, -0.05) is 22.0 Å². The fourth-order valence-corrected chi connectivity index (χ4v) is 3.10. The standard InChI is InChI=1S/C15H14BrNO3S/c1-10-3-8-13(14(16)9-10)15(18)11-4-6-12(7-5-11)17-21(2,19)20/h3-9,17H,1-2H3. The molecule has 0 bridgehead atoms. The van der Waals surface area contributed by atoms with Gasteiger partial charge < -0.3 is 0 Å². The number of anilines is 1. The number of sulfonamides is 1. The average molecular weight is 368 g/mol. The minimum Gasteiger partial charge on any atom is -0.289 e. The van der Waals surface area contributed by atoms with Crippen LogP contribution >= 0.6 is 15.9 Å². The van der Waals surface area contributed by atoms with Crippen LogP contribution in [0.25, 0.3) is 0 Å². The molecule has 21 heavy (non-hydrogen) atoms. The first-order chi connectivity index (χ1) is 9.76. The van der Waals surface area contributed by atoms with Gasteiger partial charge in [-0.3, -0.25) is 9.52 Å². The summed E-state index contributed by atoms with van der Waals surface area (Å²) in [6, 6.07) is 11.9. The highest BCUT2D eigenvalue weighted by atomic mass is 79.9. The first kappa shape index (κ1) is 15.7. The third-order valence-corrected chi connectivity index (χ3v) is 4.08. The van der Waals surface area contributed by atoms with Gasteiger partial charge in [0.2, 0.25) is 10.0 Å². The van der Waals surface area contributed by atoms with E-state index >= 15 is 0 Å². The first-order valence-corrected chi connectivity index (χ1v) is 8.83. The van der Waals surface area contributed by atoms with Crippen LogP contribution in [0.5, 0.6) is 0 Å². The molecule has 0 aliphatic rings. The van der Waals surface area contributed by atoms with Crippen LogP contribution in [-0.4, -0.2) is 20.5 Å². The van der Waals surface area contributed by atoms with Crippen molar-refractivity contribution < 1.29 is 13.2 Å². The van der Waals surface area contributed by atoms with Gasteiger partial charge in [0, 0.05) is 21.3 Å². The molecule has 0 fully saturated rings. The van der Waals surface area contributed by atoms with Crippen molar-refractivity contribution in [3.8, 4) is 0 Å². The van der Waals surface area contributed by atoms with Gasteiger partial charge in [0.15, 0.2) is 5.78 Å². The summed E-state index contributed by atoms with van der Waals surface area (Å²) in [6.45, 7) is 1.95. The third-order valence-electron chi connectivity index (χ3n) is 2.82. The smallest absolute Gasteiger partial charge is 0.229 e. The monoisotopic (exact) mass is 367 g/mol. The van der Waals surface area contributed by atoms with E-state index in [1.165, 1.54) is 0 Å². The van der Waals surface area contributed by atoms with Gasteiger partial charge in [-0.15, -0.1) is 0 Å². The van der Waals surface area contributed by atoms with Crippen LogP contribution in [0.15, 0.2) is 46.9 Å². The van der Waals surface area contributed by atoms with E-state index in [4.69, 9.17) is 0 Å². The number of ketones is 1. The lowest BCUT2D eigenvalue weighted by atomic mass is 10.0. The molecular weight excluding hydrogens is 354 g/mol. The Morgan fingerprint density at radius 1 is 1.10 bits per heavy atom. The fourth-order valence-electron chi connectivity index (χ4n) is 1.86. The molecule has 2 aromatic rings. The van der Waals surface area contributed by atoms with Crippen molar-refractivity contribution in [2.75, 3.05) is 11.0 Å². The maximum atomic E-state index is 12.4. The fraction of sp³-hybridized carbons (Fsp3) is 0.133. The zero-order valence-electron chi connectivity index (χ0n) is 11.6. The quantitative estimate of drug-likeness (QED) is 0.842. The zero-order chi connectivity index (χ0) is 15.6. The van der Waals surface area contributed by atoms with E-state index in [2.05, 4.69) is 20.7 Å². The zero-order valence-corrected chi connectivity index (χ0v) is 14.0. The first-order valence-electron chi connectivity index (χ1n) is 6.15. The van der Waals surface area contributed by atoms with Gasteiger partial charge in [0.1, 0.15) is 0 Å². The molecule has 0 aliphatic carbocycles. The number of carbonyl (C=O) groups excluding carboxylic acids is 1. The topological polar surface area (TPSA) is 63.2 Å². The van der Waals surface area contributed by atoms with E-state index in [0.29, 0.717) is 16.8 Å². The van der Waals surface area contributed by atoms with Crippen LogP contribution in [0.3, 0.4) is 0 Å². The van der Waals surface area contributed by atoms with Gasteiger partial charge in [-0.25, -0.2) is 8.42 Å². The summed E-state index contributed by atoms with van der Waals surface area (Å²) in [7, 11) is -3.32. The predicted molar refractivity (Wildman–Crippen MR) is 87.2 cm³/mol. The van der Waals surface area contributed by atoms with Crippen LogP contribution in [0.4, 0.5) is 5.69 Å². The van der Waals surface area contributed by atoms with E-state index in [1.807, 2.05) is 19.1 Å². The summed E-state index contributed by atoms with van der Waals surface area (Å²) < 4.78 is 25.4. The summed E-state index contributed by atoms with van der Waals surface area (Å²) in [4.78, 5) is 12.4. The van der Waals surface area contributed by atoms with Gasteiger partial charge in [0.25, 0.3) is 0 Å². The Hall–Kier alpha value is -1.66. The van der Waals surface area contributed by atoms with E-state index in [1.54, 1.807) is 30.3 Å². The molecule has 0 heterocycles. The highest BCUT2D eigenvalue weighted by Gasteiger charge is 2.13. The number of hydrogen-bond donors (Lipinski definition) is 1. The third kappa shape index (κ3) is 4.15. The summed E-state index contributed by atoms with van der Waals surface area (Å²) >= 11 is 3.39. The molecule has 1 N–H and O–H groups in total. The highest BCUT2D eigenvalue weighted by Crippen LogP contribution is 2.22. The summed E-state index contributed by atoms with van der Waals surface area (Å²) in [6.07, 6.45) is 1.08. The van der Waals surface area contributed by atoms with Crippen molar-refractivity contribution in [2.24, 2.45) is 0 Å². The predicted octanol–water partition coefficient (Wildman–Crippen LogP) is 3.36. The van der Waals surface area contributed by atoms with Gasteiger partial charge >= 0.3 is 0 Å². The number of benzene rings is 2. The second-order valence-corrected chi connectivity index (χ2v) is 7.37. The van der Waals surface area contributed by atoms with Crippen molar-refractivity contribution in [3.63, 3.8) is 0 Å². The number of aryl methyl sites for hydroxylation is 1. The Morgan fingerprint density at radius 2 is 1.71 bits per heavy atom. The minimum atomic E-state index is -3.32. The molecule has 0 spiro atoms. The molecule has 0 aliphatic heterocycles.